The van der Waals surface area contributed by atoms with E-state index < -0.39 is 22.0 Å². The molecule has 0 spiro atoms. The second-order valence-corrected chi connectivity index (χ2v) is 9.26. The van der Waals surface area contributed by atoms with Gasteiger partial charge in [-0.3, -0.25) is 9.10 Å². The molecule has 1 N–H and O–H groups in total. The van der Waals surface area contributed by atoms with Crippen LogP contribution in [0.25, 0.3) is 0 Å². The van der Waals surface area contributed by atoms with Crippen molar-refractivity contribution in [1.82, 2.24) is 5.32 Å². The van der Waals surface area contributed by atoms with Gasteiger partial charge in [0.1, 0.15) is 11.5 Å². The van der Waals surface area contributed by atoms with E-state index in [1.165, 1.54) is 16.4 Å². The number of para-hydroxylation sites is 3. The molecule has 1 amide bonds. The summed E-state index contributed by atoms with van der Waals surface area (Å²) in [7, 11) is -2.31. The standard InChI is InChI=1S/C24H24N2O5S/c1-17(19-12-6-8-14-21(19)30-2)25-24(27)23-16-26(20-13-7-9-15-22(20)31-23)32(28,29)18-10-4-3-5-11-18/h3-15,17,23H,16H2,1-2H3,(H,25,27). The molecule has 0 aromatic heterocycles. The van der Waals surface area contributed by atoms with Gasteiger partial charge in [-0.25, -0.2) is 8.42 Å². The van der Waals surface area contributed by atoms with E-state index >= 15 is 0 Å². The van der Waals surface area contributed by atoms with Gasteiger partial charge in [0.25, 0.3) is 15.9 Å². The van der Waals surface area contributed by atoms with Gasteiger partial charge in [-0.15, -0.1) is 0 Å². The zero-order valence-electron chi connectivity index (χ0n) is 17.8. The van der Waals surface area contributed by atoms with Crippen molar-refractivity contribution in [2.24, 2.45) is 0 Å². The number of amides is 1. The van der Waals surface area contributed by atoms with Crippen LogP contribution < -0.4 is 19.1 Å². The molecule has 1 heterocycles. The number of carbonyl (C=O) groups is 1. The van der Waals surface area contributed by atoms with Crippen LogP contribution in [0.1, 0.15) is 18.5 Å². The first kappa shape index (κ1) is 21.7. The Bertz CT molecular complexity index is 1210. The number of hydrogen-bond acceptors (Lipinski definition) is 5. The van der Waals surface area contributed by atoms with Gasteiger partial charge in [-0.05, 0) is 37.3 Å². The average molecular weight is 453 g/mol. The van der Waals surface area contributed by atoms with Crippen LogP contribution in [0.3, 0.4) is 0 Å². The van der Waals surface area contributed by atoms with E-state index in [2.05, 4.69) is 5.32 Å². The summed E-state index contributed by atoms with van der Waals surface area (Å²) in [5.41, 5.74) is 1.21. The van der Waals surface area contributed by atoms with E-state index in [0.29, 0.717) is 17.2 Å². The molecule has 1 aliphatic rings. The lowest BCUT2D eigenvalue weighted by Gasteiger charge is -2.35. The predicted molar refractivity (Wildman–Crippen MR) is 121 cm³/mol. The first-order chi connectivity index (χ1) is 15.4. The molecule has 2 unspecified atom stereocenters. The Morgan fingerprint density at radius 3 is 2.44 bits per heavy atom. The second kappa shape index (κ2) is 8.92. The number of nitrogens with zero attached hydrogens (tertiary/aromatic N) is 1. The molecule has 0 radical (unpaired) electrons. The van der Waals surface area contributed by atoms with Crippen LogP contribution in [-0.2, 0) is 14.8 Å². The molecule has 2 atom stereocenters. The molecular formula is C24H24N2O5S. The highest BCUT2D eigenvalue weighted by molar-refractivity contribution is 7.92. The van der Waals surface area contributed by atoms with Crippen molar-refractivity contribution in [3.05, 3.63) is 84.4 Å². The number of ether oxygens (including phenoxy) is 2. The highest BCUT2D eigenvalue weighted by Gasteiger charge is 2.37. The Hall–Kier alpha value is -3.52. The van der Waals surface area contributed by atoms with Crippen LogP contribution >= 0.6 is 0 Å². The smallest absolute Gasteiger partial charge is 0.264 e. The Labute approximate surface area is 187 Å². The van der Waals surface area contributed by atoms with E-state index in [0.717, 1.165) is 5.56 Å². The second-order valence-electron chi connectivity index (χ2n) is 7.40. The lowest BCUT2D eigenvalue weighted by molar-refractivity contribution is -0.128. The number of methoxy groups -OCH3 is 1. The van der Waals surface area contributed by atoms with Crippen LogP contribution in [0.4, 0.5) is 5.69 Å². The number of sulfonamides is 1. The quantitative estimate of drug-likeness (QED) is 0.619. The molecule has 0 fully saturated rings. The Kier molecular flexibility index (Phi) is 6.05. The fourth-order valence-electron chi connectivity index (χ4n) is 3.69. The number of rotatable bonds is 6. The van der Waals surface area contributed by atoms with Gasteiger partial charge in [0.2, 0.25) is 0 Å². The first-order valence-electron chi connectivity index (χ1n) is 10.2. The summed E-state index contributed by atoms with van der Waals surface area (Å²) in [5, 5.41) is 2.92. The molecule has 166 valence electrons. The minimum Gasteiger partial charge on any atom is -0.496 e. The molecule has 1 aliphatic heterocycles. The molecule has 3 aromatic carbocycles. The highest BCUT2D eigenvalue weighted by atomic mass is 32.2. The minimum absolute atomic E-state index is 0.140. The van der Waals surface area contributed by atoms with Crippen LogP contribution in [0.15, 0.2) is 83.8 Å². The number of nitrogens with one attached hydrogen (secondary N) is 1. The number of benzene rings is 3. The van der Waals surface area contributed by atoms with Gasteiger partial charge >= 0.3 is 0 Å². The molecule has 0 aliphatic carbocycles. The number of anilines is 1. The van der Waals surface area contributed by atoms with Crippen molar-refractivity contribution < 1.29 is 22.7 Å². The maximum atomic E-state index is 13.4. The maximum Gasteiger partial charge on any atom is 0.264 e. The summed E-state index contributed by atoms with van der Waals surface area (Å²) >= 11 is 0. The number of hydrogen-bond donors (Lipinski definition) is 1. The van der Waals surface area contributed by atoms with E-state index in [4.69, 9.17) is 9.47 Å². The summed E-state index contributed by atoms with van der Waals surface area (Å²) in [6.07, 6.45) is -1.01. The fraction of sp³-hybridized carbons (Fsp3) is 0.208. The Morgan fingerprint density at radius 2 is 1.69 bits per heavy atom. The average Bonchev–Trinajstić information content (AvgIpc) is 2.83. The van der Waals surface area contributed by atoms with E-state index in [1.807, 2.05) is 31.2 Å². The van der Waals surface area contributed by atoms with Gasteiger partial charge in [0, 0.05) is 5.56 Å². The molecule has 0 saturated heterocycles. The van der Waals surface area contributed by atoms with Crippen molar-refractivity contribution in [2.45, 2.75) is 24.0 Å². The monoisotopic (exact) mass is 452 g/mol. The van der Waals surface area contributed by atoms with Gasteiger partial charge in [-0.2, -0.15) is 0 Å². The molecule has 8 heteroatoms. The van der Waals surface area contributed by atoms with E-state index in [-0.39, 0.29) is 17.5 Å². The number of fused-ring (bicyclic) bond motifs is 1. The molecular weight excluding hydrogens is 428 g/mol. The molecule has 32 heavy (non-hydrogen) atoms. The molecule has 0 bridgehead atoms. The van der Waals surface area contributed by atoms with E-state index in [1.54, 1.807) is 49.6 Å². The third kappa shape index (κ3) is 4.13. The molecule has 4 rings (SSSR count). The van der Waals surface area contributed by atoms with E-state index in [9.17, 15) is 13.2 Å². The minimum atomic E-state index is -3.88. The zero-order valence-corrected chi connectivity index (χ0v) is 18.6. The van der Waals surface area contributed by atoms with Gasteiger partial charge in [0.05, 0.1) is 30.3 Å². The summed E-state index contributed by atoms with van der Waals surface area (Å²) in [5.74, 6) is 0.581. The molecule has 3 aromatic rings. The largest absolute Gasteiger partial charge is 0.496 e. The number of carbonyl (C=O) groups excluding carboxylic acids is 1. The zero-order chi connectivity index (χ0) is 22.7. The SMILES string of the molecule is COc1ccccc1C(C)NC(=O)C1CN(S(=O)(=O)c2ccccc2)c2ccccc2O1. The first-order valence-corrected chi connectivity index (χ1v) is 11.6. The highest BCUT2D eigenvalue weighted by Crippen LogP contribution is 2.37. The van der Waals surface area contributed by atoms with Crippen LogP contribution in [0, 0.1) is 0 Å². The Morgan fingerprint density at radius 1 is 1.03 bits per heavy atom. The van der Waals surface area contributed by atoms with Gasteiger partial charge < -0.3 is 14.8 Å². The maximum absolute atomic E-state index is 13.4. The van der Waals surface area contributed by atoms with Gasteiger partial charge in [0.15, 0.2) is 6.10 Å². The normalized spacial score (nSPS) is 16.4. The van der Waals surface area contributed by atoms with Crippen molar-refractivity contribution in [1.29, 1.82) is 0 Å². The lowest BCUT2D eigenvalue weighted by Crippen LogP contribution is -2.51. The Balaban J connectivity index is 1.62. The molecule has 7 nitrogen and oxygen atoms in total. The van der Waals surface area contributed by atoms with Crippen LogP contribution in [0.5, 0.6) is 11.5 Å². The van der Waals surface area contributed by atoms with Crippen molar-refractivity contribution in [3.63, 3.8) is 0 Å². The van der Waals surface area contributed by atoms with Crippen LogP contribution in [-0.4, -0.2) is 34.1 Å². The summed E-state index contributed by atoms with van der Waals surface area (Å²) in [4.78, 5) is 13.3. The summed E-state index contributed by atoms with van der Waals surface area (Å²) in [6.45, 7) is 1.70. The third-order valence-electron chi connectivity index (χ3n) is 5.32. The lowest BCUT2D eigenvalue weighted by atomic mass is 10.1. The van der Waals surface area contributed by atoms with Crippen molar-refractivity contribution in [2.75, 3.05) is 18.0 Å². The van der Waals surface area contributed by atoms with Crippen molar-refractivity contribution >= 4 is 21.6 Å². The topological polar surface area (TPSA) is 84.9 Å². The summed E-state index contributed by atoms with van der Waals surface area (Å²) in [6, 6.07) is 22.0. The predicted octanol–water partition coefficient (Wildman–Crippen LogP) is 3.53. The fourth-order valence-corrected chi connectivity index (χ4v) is 5.19. The third-order valence-corrected chi connectivity index (χ3v) is 7.12. The van der Waals surface area contributed by atoms with Crippen molar-refractivity contribution in [3.8, 4) is 11.5 Å². The van der Waals surface area contributed by atoms with Crippen LogP contribution in [0.2, 0.25) is 0 Å². The van der Waals surface area contributed by atoms with Gasteiger partial charge in [-0.1, -0.05) is 48.5 Å². The molecule has 0 saturated carbocycles. The summed E-state index contributed by atoms with van der Waals surface area (Å²) < 4.78 is 39.2.